The molecule has 0 atom stereocenters. The number of hydrogen-bond donors (Lipinski definition) is 0. The van der Waals surface area contributed by atoms with Gasteiger partial charge in [-0.05, 0) is 39.0 Å². The maximum absolute atomic E-state index is 12.3. The van der Waals surface area contributed by atoms with Crippen molar-refractivity contribution in [3.05, 3.63) is 46.4 Å². The Labute approximate surface area is 112 Å². The average Bonchev–Trinajstić information content (AvgIpc) is 2.35. The van der Waals surface area contributed by atoms with E-state index in [4.69, 9.17) is 0 Å². The Kier molecular flexibility index (Phi) is 3.62. The van der Waals surface area contributed by atoms with Gasteiger partial charge in [-0.1, -0.05) is 35.0 Å². The lowest BCUT2D eigenvalue weighted by Crippen LogP contribution is -2.30. The van der Waals surface area contributed by atoms with Gasteiger partial charge in [-0.25, -0.2) is 0 Å². The van der Waals surface area contributed by atoms with Gasteiger partial charge in [0.15, 0.2) is 0 Å². The van der Waals surface area contributed by atoms with Crippen LogP contribution in [0.4, 0.5) is 5.69 Å². The number of fused-ring (bicyclic) bond motifs is 1. The van der Waals surface area contributed by atoms with Gasteiger partial charge in [0.25, 0.3) is 5.91 Å². The molecule has 0 spiro atoms. The maximum Gasteiger partial charge on any atom is 0.264 e. The molecule has 0 aromatic heterocycles. The zero-order valence-electron chi connectivity index (χ0n) is 11.2. The van der Waals surface area contributed by atoms with Crippen LogP contribution in [0.3, 0.4) is 0 Å². The highest BCUT2D eigenvalue weighted by Crippen LogP contribution is 2.40. The van der Waals surface area contributed by atoms with Gasteiger partial charge in [0, 0.05) is 11.9 Å². The second kappa shape index (κ2) is 5.02. The first-order valence-electron chi connectivity index (χ1n) is 5.91. The predicted octanol–water partition coefficient (Wildman–Crippen LogP) is 4.00. The molecule has 94 valence electrons. The summed E-state index contributed by atoms with van der Waals surface area (Å²) in [7, 11) is 1.83. The largest absolute Gasteiger partial charge is 0.310 e. The predicted molar refractivity (Wildman–Crippen MR) is 77.8 cm³/mol. The maximum atomic E-state index is 12.3. The molecule has 1 aliphatic heterocycles. The summed E-state index contributed by atoms with van der Waals surface area (Å²) in [5.41, 5.74) is 3.37. The summed E-state index contributed by atoms with van der Waals surface area (Å²) < 4.78 is 0. The number of nitrogens with zero attached hydrogens (tertiary/aromatic N) is 1. The van der Waals surface area contributed by atoms with Crippen molar-refractivity contribution < 1.29 is 4.79 Å². The van der Waals surface area contributed by atoms with E-state index in [1.807, 2.05) is 38.2 Å². The first-order chi connectivity index (χ1) is 8.50. The monoisotopic (exact) mass is 259 g/mol. The number of amides is 1. The second-order valence-corrected chi connectivity index (χ2v) is 5.71. The quantitative estimate of drug-likeness (QED) is 0.711. The van der Waals surface area contributed by atoms with Gasteiger partial charge in [0.2, 0.25) is 0 Å². The fourth-order valence-electron chi connectivity index (χ4n) is 1.69. The number of thioether (sulfide) groups is 1. The van der Waals surface area contributed by atoms with Crippen LogP contribution in [-0.2, 0) is 4.79 Å². The number of rotatable bonds is 1. The van der Waals surface area contributed by atoms with Crippen LogP contribution in [-0.4, -0.2) is 13.0 Å². The molecule has 2 rings (SSSR count). The van der Waals surface area contributed by atoms with Crippen LogP contribution in [0, 0.1) is 0 Å². The van der Waals surface area contributed by atoms with Crippen molar-refractivity contribution in [3.63, 3.8) is 0 Å². The van der Waals surface area contributed by atoms with Crippen molar-refractivity contribution >= 4 is 23.4 Å². The Morgan fingerprint density at radius 3 is 2.56 bits per heavy atom. The van der Waals surface area contributed by atoms with E-state index in [1.54, 1.807) is 16.7 Å². The minimum atomic E-state index is 0.0688. The SMILES string of the molecule is CC(C)=C(C)/C=C1\Sc2ccccc2N(C)C1=O. The molecule has 0 radical (unpaired) electrons. The molecule has 18 heavy (non-hydrogen) atoms. The summed E-state index contributed by atoms with van der Waals surface area (Å²) >= 11 is 1.55. The molecule has 0 aliphatic carbocycles. The van der Waals surface area contributed by atoms with Crippen LogP contribution >= 0.6 is 11.8 Å². The molecule has 0 N–H and O–H groups in total. The van der Waals surface area contributed by atoms with E-state index in [0.29, 0.717) is 0 Å². The van der Waals surface area contributed by atoms with Gasteiger partial charge in [-0.15, -0.1) is 0 Å². The normalized spacial score (nSPS) is 16.8. The summed E-state index contributed by atoms with van der Waals surface area (Å²) in [5.74, 6) is 0.0688. The zero-order valence-corrected chi connectivity index (χ0v) is 12.0. The highest BCUT2D eigenvalue weighted by Gasteiger charge is 2.25. The van der Waals surface area contributed by atoms with Crippen LogP contribution in [0.25, 0.3) is 0 Å². The van der Waals surface area contributed by atoms with E-state index in [-0.39, 0.29) is 5.91 Å². The van der Waals surface area contributed by atoms with Crippen LogP contribution in [0.5, 0.6) is 0 Å². The Hall–Kier alpha value is -1.48. The fraction of sp³-hybridized carbons (Fsp3) is 0.267. The molecular formula is C15H17NOS. The molecule has 3 heteroatoms. The number of carbonyl (C=O) groups is 1. The molecule has 0 fully saturated rings. The minimum Gasteiger partial charge on any atom is -0.310 e. The zero-order chi connectivity index (χ0) is 13.3. The van der Waals surface area contributed by atoms with E-state index in [2.05, 4.69) is 19.9 Å². The highest BCUT2D eigenvalue weighted by atomic mass is 32.2. The summed E-state index contributed by atoms with van der Waals surface area (Å²) in [4.78, 5) is 15.9. The molecule has 1 aromatic rings. The fourth-order valence-corrected chi connectivity index (χ4v) is 2.84. The topological polar surface area (TPSA) is 20.3 Å². The number of anilines is 1. The minimum absolute atomic E-state index is 0.0688. The van der Waals surface area contributed by atoms with Crippen molar-refractivity contribution in [2.24, 2.45) is 0 Å². The summed E-state index contributed by atoms with van der Waals surface area (Å²) in [6.45, 7) is 6.15. The standard InChI is InChI=1S/C15H17NOS/c1-10(2)11(3)9-14-15(17)16(4)12-7-5-6-8-13(12)18-14/h5-9H,1-4H3/b14-9-. The van der Waals surface area contributed by atoms with Crippen LogP contribution in [0.1, 0.15) is 20.8 Å². The van der Waals surface area contributed by atoms with Gasteiger partial charge in [0.1, 0.15) is 0 Å². The highest BCUT2D eigenvalue weighted by molar-refractivity contribution is 8.04. The molecular weight excluding hydrogens is 242 g/mol. The van der Waals surface area contributed by atoms with Gasteiger partial charge in [-0.3, -0.25) is 4.79 Å². The Balaban J connectivity index is 2.45. The summed E-state index contributed by atoms with van der Waals surface area (Å²) in [6, 6.07) is 7.99. The lowest BCUT2D eigenvalue weighted by atomic mass is 10.1. The van der Waals surface area contributed by atoms with E-state index < -0.39 is 0 Å². The third-order valence-electron chi connectivity index (χ3n) is 3.10. The van der Waals surface area contributed by atoms with E-state index in [1.165, 1.54) is 5.57 Å². The molecule has 0 unspecified atom stereocenters. The van der Waals surface area contributed by atoms with Crippen molar-refractivity contribution in [1.29, 1.82) is 0 Å². The van der Waals surface area contributed by atoms with Crippen LogP contribution < -0.4 is 4.90 Å². The van der Waals surface area contributed by atoms with E-state index in [9.17, 15) is 4.79 Å². The van der Waals surface area contributed by atoms with Crippen molar-refractivity contribution in [2.45, 2.75) is 25.7 Å². The molecule has 1 heterocycles. The number of hydrogen-bond acceptors (Lipinski definition) is 2. The lowest BCUT2D eigenvalue weighted by Gasteiger charge is -2.26. The average molecular weight is 259 g/mol. The van der Waals surface area contributed by atoms with Gasteiger partial charge >= 0.3 is 0 Å². The third kappa shape index (κ3) is 2.36. The summed E-state index contributed by atoms with van der Waals surface area (Å²) in [6.07, 6.45) is 1.98. The second-order valence-electron chi connectivity index (χ2n) is 4.63. The van der Waals surface area contributed by atoms with Gasteiger partial charge in [-0.2, -0.15) is 0 Å². The first-order valence-corrected chi connectivity index (χ1v) is 6.73. The molecule has 1 aliphatic rings. The smallest absolute Gasteiger partial charge is 0.264 e. The van der Waals surface area contributed by atoms with Gasteiger partial charge < -0.3 is 4.90 Å². The van der Waals surface area contributed by atoms with Crippen LogP contribution in [0.2, 0.25) is 0 Å². The number of para-hydroxylation sites is 1. The number of carbonyl (C=O) groups excluding carboxylic acids is 1. The lowest BCUT2D eigenvalue weighted by molar-refractivity contribution is -0.114. The molecule has 0 saturated carbocycles. The Morgan fingerprint density at radius 1 is 1.22 bits per heavy atom. The molecule has 0 saturated heterocycles. The molecule has 2 nitrogen and oxygen atoms in total. The Morgan fingerprint density at radius 2 is 1.89 bits per heavy atom. The number of allylic oxidation sites excluding steroid dienone is 3. The molecule has 0 bridgehead atoms. The summed E-state index contributed by atoms with van der Waals surface area (Å²) in [5, 5.41) is 0. The van der Waals surface area contributed by atoms with E-state index in [0.717, 1.165) is 21.1 Å². The number of benzene rings is 1. The van der Waals surface area contributed by atoms with Crippen molar-refractivity contribution in [1.82, 2.24) is 0 Å². The van der Waals surface area contributed by atoms with Gasteiger partial charge in [0.05, 0.1) is 10.6 Å². The first kappa shape index (κ1) is 13.0. The third-order valence-corrected chi connectivity index (χ3v) is 4.18. The number of likely N-dealkylation sites (N-methyl/N-ethyl adjacent to an activating group) is 1. The molecule has 1 amide bonds. The Bertz CT molecular complexity index is 553. The molecule has 1 aromatic carbocycles. The van der Waals surface area contributed by atoms with Crippen LogP contribution in [0.15, 0.2) is 51.3 Å². The van der Waals surface area contributed by atoms with E-state index >= 15 is 0 Å². The van der Waals surface area contributed by atoms with Crippen molar-refractivity contribution in [3.8, 4) is 0 Å². The van der Waals surface area contributed by atoms with Crippen molar-refractivity contribution in [2.75, 3.05) is 11.9 Å².